The molecule has 6 heteroatoms. The second-order valence-electron chi connectivity index (χ2n) is 6.47. The van der Waals surface area contributed by atoms with Gasteiger partial charge in [0.2, 0.25) is 0 Å². The zero-order valence-electron chi connectivity index (χ0n) is 11.1. The minimum atomic E-state index is -0.175. The highest BCUT2D eigenvalue weighted by Gasteiger charge is 2.75. The molecule has 2 aliphatic heterocycles. The molecule has 19 heavy (non-hydrogen) atoms. The molecule has 3 aliphatic carbocycles. The van der Waals surface area contributed by atoms with Gasteiger partial charge in [-0.15, -0.1) is 0 Å². The molecule has 5 fully saturated rings. The van der Waals surface area contributed by atoms with Gasteiger partial charge < -0.3 is 19.9 Å². The van der Waals surface area contributed by atoms with E-state index in [9.17, 15) is 4.79 Å². The molecule has 104 valence electrons. The van der Waals surface area contributed by atoms with Gasteiger partial charge in [0.25, 0.3) is 0 Å². The summed E-state index contributed by atoms with van der Waals surface area (Å²) in [5.41, 5.74) is -0.00563. The number of rotatable bonds is 2. The average molecular weight is 281 g/mol. The van der Waals surface area contributed by atoms with Crippen molar-refractivity contribution in [3.63, 3.8) is 0 Å². The van der Waals surface area contributed by atoms with Crippen molar-refractivity contribution in [1.82, 2.24) is 15.1 Å². The van der Waals surface area contributed by atoms with E-state index in [4.69, 9.17) is 17.0 Å². The van der Waals surface area contributed by atoms with Crippen LogP contribution in [-0.4, -0.2) is 65.8 Å². The Labute approximate surface area is 118 Å². The Bertz CT molecular complexity index is 447. The first kappa shape index (κ1) is 11.9. The lowest BCUT2D eigenvalue weighted by molar-refractivity contribution is -0.220. The molecule has 0 aromatic carbocycles. The third-order valence-corrected chi connectivity index (χ3v) is 5.87. The van der Waals surface area contributed by atoms with Crippen LogP contribution in [-0.2, 0) is 9.53 Å². The van der Waals surface area contributed by atoms with Crippen molar-refractivity contribution in [2.24, 2.45) is 5.41 Å². The first-order valence-electron chi connectivity index (χ1n) is 6.98. The van der Waals surface area contributed by atoms with Crippen LogP contribution in [0.25, 0.3) is 0 Å². The van der Waals surface area contributed by atoms with Crippen LogP contribution in [0.2, 0.25) is 0 Å². The van der Waals surface area contributed by atoms with Gasteiger partial charge in [0.05, 0.1) is 18.6 Å². The smallest absolute Gasteiger partial charge is 0.312 e. The number of methoxy groups -OCH3 is 1. The van der Waals surface area contributed by atoms with Crippen molar-refractivity contribution >= 4 is 23.3 Å². The summed E-state index contributed by atoms with van der Waals surface area (Å²) in [6, 6.07) is 0.518. The Kier molecular flexibility index (Phi) is 2.26. The van der Waals surface area contributed by atoms with E-state index in [1.165, 1.54) is 7.11 Å². The topological polar surface area (TPSA) is 44.8 Å². The van der Waals surface area contributed by atoms with Crippen molar-refractivity contribution in [3.8, 4) is 0 Å². The average Bonchev–Trinajstić information content (AvgIpc) is 2.64. The number of carbonyl (C=O) groups is 1. The van der Waals surface area contributed by atoms with E-state index in [1.807, 2.05) is 0 Å². The van der Waals surface area contributed by atoms with E-state index in [-0.39, 0.29) is 16.9 Å². The van der Waals surface area contributed by atoms with Crippen LogP contribution in [0.1, 0.15) is 19.3 Å². The number of carbonyl (C=O) groups excluding carboxylic acids is 1. The van der Waals surface area contributed by atoms with Crippen LogP contribution >= 0.6 is 12.2 Å². The molecule has 2 saturated heterocycles. The Hall–Kier alpha value is -0.880. The SMILES string of the molecule is COC(=O)C12CC(N3C[C@@H]4CNCCN4C3=S)(C1)C2. The van der Waals surface area contributed by atoms with E-state index in [2.05, 4.69) is 15.1 Å². The van der Waals surface area contributed by atoms with E-state index in [0.29, 0.717) is 6.04 Å². The molecule has 5 aliphatic rings. The maximum absolute atomic E-state index is 11.7. The summed E-state index contributed by atoms with van der Waals surface area (Å²) < 4.78 is 4.91. The Morgan fingerprint density at radius 1 is 1.47 bits per heavy atom. The molecule has 3 saturated carbocycles. The molecule has 0 amide bonds. The fraction of sp³-hybridized carbons (Fsp3) is 0.846. The number of nitrogens with one attached hydrogen (secondary N) is 1. The normalized spacial score (nSPS) is 43.4. The summed E-state index contributed by atoms with van der Waals surface area (Å²) in [5, 5.41) is 4.43. The minimum absolute atomic E-state index is 0.0288. The van der Waals surface area contributed by atoms with Crippen molar-refractivity contribution in [3.05, 3.63) is 0 Å². The van der Waals surface area contributed by atoms with Crippen LogP contribution in [0.15, 0.2) is 0 Å². The largest absolute Gasteiger partial charge is 0.469 e. The van der Waals surface area contributed by atoms with Gasteiger partial charge in [-0.25, -0.2) is 0 Å². The fourth-order valence-corrected chi connectivity index (χ4v) is 4.98. The molecule has 0 aromatic heterocycles. The molecule has 0 aromatic rings. The fourth-order valence-electron chi connectivity index (χ4n) is 4.47. The third kappa shape index (κ3) is 1.34. The predicted octanol–water partition coefficient (Wildman–Crippen LogP) is -0.0436. The van der Waals surface area contributed by atoms with Gasteiger partial charge in [-0.05, 0) is 31.5 Å². The number of hydrogen-bond donors (Lipinski definition) is 1. The van der Waals surface area contributed by atoms with Crippen molar-refractivity contribution in [1.29, 1.82) is 0 Å². The third-order valence-electron chi connectivity index (χ3n) is 5.41. The molecule has 2 bridgehead atoms. The molecule has 0 unspecified atom stereocenters. The Morgan fingerprint density at radius 3 is 2.84 bits per heavy atom. The molecule has 2 heterocycles. The zero-order valence-corrected chi connectivity index (χ0v) is 12.0. The van der Waals surface area contributed by atoms with E-state index in [1.54, 1.807) is 0 Å². The molecular weight excluding hydrogens is 262 g/mol. The second-order valence-corrected chi connectivity index (χ2v) is 6.84. The van der Waals surface area contributed by atoms with Crippen LogP contribution in [0.4, 0.5) is 0 Å². The van der Waals surface area contributed by atoms with E-state index in [0.717, 1.165) is 50.6 Å². The molecule has 5 nitrogen and oxygen atoms in total. The Morgan fingerprint density at radius 2 is 2.21 bits per heavy atom. The highest BCUT2D eigenvalue weighted by molar-refractivity contribution is 7.80. The van der Waals surface area contributed by atoms with Gasteiger partial charge >= 0.3 is 5.97 Å². The number of hydrogen-bond acceptors (Lipinski definition) is 4. The number of ether oxygens (including phenoxy) is 1. The molecule has 5 rings (SSSR count). The maximum atomic E-state index is 11.7. The highest BCUT2D eigenvalue weighted by Crippen LogP contribution is 2.70. The number of thiocarbonyl (C=S) groups is 1. The molecular formula is C13H19N3O2S. The molecule has 1 atom stereocenters. The molecule has 0 radical (unpaired) electrons. The standard InChI is InChI=1S/C13H19N3O2S/c1-18-10(17)12-6-13(7-12,8-12)16-5-9-4-14-2-3-15(9)11(16)19/h9,14H,2-8H2,1H3/t9-,12?,13?/m0/s1. The second kappa shape index (κ2) is 3.61. The molecule has 0 spiro atoms. The first-order valence-corrected chi connectivity index (χ1v) is 7.39. The number of esters is 1. The summed E-state index contributed by atoms with van der Waals surface area (Å²) in [6.45, 7) is 4.07. The van der Waals surface area contributed by atoms with Gasteiger partial charge in [0.1, 0.15) is 0 Å². The predicted molar refractivity (Wildman–Crippen MR) is 73.7 cm³/mol. The summed E-state index contributed by atoms with van der Waals surface area (Å²) in [7, 11) is 1.49. The monoisotopic (exact) mass is 281 g/mol. The number of nitrogens with zero attached hydrogens (tertiary/aromatic N) is 2. The van der Waals surface area contributed by atoms with Crippen LogP contribution in [0.3, 0.4) is 0 Å². The van der Waals surface area contributed by atoms with Gasteiger partial charge in [0, 0.05) is 31.7 Å². The van der Waals surface area contributed by atoms with Crippen LogP contribution in [0, 0.1) is 5.41 Å². The van der Waals surface area contributed by atoms with Crippen molar-refractivity contribution in [2.75, 3.05) is 33.3 Å². The highest BCUT2D eigenvalue weighted by atomic mass is 32.1. The molecule has 1 N–H and O–H groups in total. The van der Waals surface area contributed by atoms with Gasteiger partial charge in [0.15, 0.2) is 5.11 Å². The zero-order chi connectivity index (χ0) is 13.3. The maximum Gasteiger partial charge on any atom is 0.312 e. The quantitative estimate of drug-likeness (QED) is 0.566. The lowest BCUT2D eigenvalue weighted by Gasteiger charge is -2.71. The van der Waals surface area contributed by atoms with Crippen molar-refractivity contribution < 1.29 is 9.53 Å². The van der Waals surface area contributed by atoms with Gasteiger partial charge in [-0.1, -0.05) is 0 Å². The summed E-state index contributed by atoms with van der Waals surface area (Å²) >= 11 is 5.65. The summed E-state index contributed by atoms with van der Waals surface area (Å²) in [4.78, 5) is 16.5. The van der Waals surface area contributed by atoms with Gasteiger partial charge in [-0.3, -0.25) is 4.79 Å². The summed E-state index contributed by atoms with van der Waals surface area (Å²) in [5.74, 6) is -0.0288. The lowest BCUT2D eigenvalue weighted by atomic mass is 9.39. The Balaban J connectivity index is 1.49. The van der Waals surface area contributed by atoms with Gasteiger partial charge in [-0.2, -0.15) is 0 Å². The van der Waals surface area contributed by atoms with Crippen LogP contribution < -0.4 is 5.32 Å². The van der Waals surface area contributed by atoms with Crippen molar-refractivity contribution in [2.45, 2.75) is 30.8 Å². The first-order chi connectivity index (χ1) is 9.10. The number of fused-ring (bicyclic) bond motifs is 1. The number of piperazine rings is 1. The minimum Gasteiger partial charge on any atom is -0.469 e. The van der Waals surface area contributed by atoms with Crippen LogP contribution in [0.5, 0.6) is 0 Å². The lowest BCUT2D eigenvalue weighted by Crippen LogP contribution is -2.77. The van der Waals surface area contributed by atoms with E-state index < -0.39 is 0 Å². The summed E-state index contributed by atoms with van der Waals surface area (Å²) in [6.07, 6.45) is 2.79. The van der Waals surface area contributed by atoms with E-state index >= 15 is 0 Å².